The predicted octanol–water partition coefficient (Wildman–Crippen LogP) is 3.67. The molecule has 3 aromatic rings. The van der Waals surface area contributed by atoms with Gasteiger partial charge in [0.05, 0.1) is 37.0 Å². The van der Waals surface area contributed by atoms with Crippen molar-refractivity contribution in [2.45, 2.75) is 51.6 Å². The fourth-order valence-corrected chi connectivity index (χ4v) is 5.87. The van der Waals surface area contributed by atoms with Crippen LogP contribution in [0.15, 0.2) is 24.5 Å². The molecule has 1 saturated heterocycles. The molecule has 0 radical (unpaired) electrons. The van der Waals surface area contributed by atoms with E-state index in [1.807, 2.05) is 30.4 Å². The summed E-state index contributed by atoms with van der Waals surface area (Å²) >= 11 is 0. The number of nitrogens with zero attached hydrogens (tertiary/aromatic N) is 7. The number of nitriles is 1. The Labute approximate surface area is 210 Å². The zero-order valence-electron chi connectivity index (χ0n) is 21.1. The first-order valence-corrected chi connectivity index (χ1v) is 12.7. The highest BCUT2D eigenvalue weighted by Gasteiger charge is 2.35. The van der Waals surface area contributed by atoms with Crippen LogP contribution in [0.2, 0.25) is 0 Å². The van der Waals surface area contributed by atoms with E-state index in [2.05, 4.69) is 33.7 Å². The van der Waals surface area contributed by atoms with Crippen LogP contribution >= 0.6 is 0 Å². The van der Waals surface area contributed by atoms with Crippen molar-refractivity contribution in [2.75, 3.05) is 31.2 Å². The SMILES string of the molecule is CC(=O)N1CCc2c(c(N3CC[C@@H](C)c4cc(-c5cnn(C)c5)c(C#N)cc43)nn2[C@H]2CCOC2)C1. The topological polar surface area (TPSA) is 92.2 Å². The molecule has 3 aliphatic heterocycles. The molecule has 2 atom stereocenters. The second-order valence-corrected chi connectivity index (χ2v) is 10.2. The number of carbonyl (C=O) groups is 1. The van der Waals surface area contributed by atoms with Gasteiger partial charge < -0.3 is 14.5 Å². The zero-order valence-corrected chi connectivity index (χ0v) is 21.1. The van der Waals surface area contributed by atoms with Gasteiger partial charge in [0.25, 0.3) is 0 Å². The van der Waals surface area contributed by atoms with Crippen LogP contribution in [0, 0.1) is 11.3 Å². The van der Waals surface area contributed by atoms with E-state index in [0.29, 0.717) is 31.2 Å². The second-order valence-electron chi connectivity index (χ2n) is 10.2. The average molecular weight is 486 g/mol. The summed E-state index contributed by atoms with van der Waals surface area (Å²) in [5.41, 5.74) is 7.07. The van der Waals surface area contributed by atoms with Crippen LogP contribution in [-0.4, -0.2) is 56.7 Å². The highest BCUT2D eigenvalue weighted by molar-refractivity contribution is 5.79. The molecule has 0 aliphatic carbocycles. The number of rotatable bonds is 3. The van der Waals surface area contributed by atoms with Gasteiger partial charge in [-0.25, -0.2) is 0 Å². The van der Waals surface area contributed by atoms with E-state index in [1.165, 1.54) is 11.3 Å². The van der Waals surface area contributed by atoms with Gasteiger partial charge in [-0.15, -0.1) is 0 Å². The number of ether oxygens (including phenoxy) is 1. The van der Waals surface area contributed by atoms with Crippen molar-refractivity contribution in [3.05, 3.63) is 46.9 Å². The normalized spacial score (nSPS) is 21.3. The summed E-state index contributed by atoms with van der Waals surface area (Å²) in [6, 6.07) is 6.82. The van der Waals surface area contributed by atoms with Gasteiger partial charge in [0.1, 0.15) is 0 Å². The summed E-state index contributed by atoms with van der Waals surface area (Å²) in [5, 5.41) is 19.6. The summed E-state index contributed by atoms with van der Waals surface area (Å²) in [6.45, 7) is 7.39. The number of amides is 1. The van der Waals surface area contributed by atoms with Crippen LogP contribution in [-0.2, 0) is 29.5 Å². The fourth-order valence-electron chi connectivity index (χ4n) is 5.87. The molecule has 36 heavy (non-hydrogen) atoms. The molecule has 0 saturated carbocycles. The van der Waals surface area contributed by atoms with Crippen molar-refractivity contribution >= 4 is 17.4 Å². The van der Waals surface area contributed by atoms with Gasteiger partial charge >= 0.3 is 0 Å². The molecular weight excluding hydrogens is 454 g/mol. The molecule has 0 N–H and O–H groups in total. The Balaban J connectivity index is 1.49. The van der Waals surface area contributed by atoms with E-state index >= 15 is 0 Å². The van der Waals surface area contributed by atoms with Gasteiger partial charge in [0, 0.05) is 74.4 Å². The molecule has 1 aromatic carbocycles. The molecule has 0 spiro atoms. The number of carbonyl (C=O) groups excluding carboxylic acids is 1. The number of fused-ring (bicyclic) bond motifs is 2. The van der Waals surface area contributed by atoms with Crippen molar-refractivity contribution in [3.63, 3.8) is 0 Å². The van der Waals surface area contributed by atoms with Crippen molar-refractivity contribution in [1.82, 2.24) is 24.5 Å². The summed E-state index contributed by atoms with van der Waals surface area (Å²) in [5.74, 6) is 1.35. The summed E-state index contributed by atoms with van der Waals surface area (Å²) in [6.07, 6.45) is 6.48. The quantitative estimate of drug-likeness (QED) is 0.562. The lowest BCUT2D eigenvalue weighted by atomic mass is 9.87. The van der Waals surface area contributed by atoms with E-state index in [9.17, 15) is 10.1 Å². The molecule has 3 aliphatic rings. The standard InChI is InChI=1S/C27H31N7O2/c1-17-4-8-33(26-10-19(12-28)23(11-22(17)26)20-13-29-31(3)14-20)27-24-15-32(18(2)35)7-5-25(24)34(30-27)21-6-9-36-16-21/h10-11,13-14,17,21H,4-9,15-16H2,1-3H3/t17-,21+/m1/s1. The van der Waals surface area contributed by atoms with Crippen LogP contribution in [0.5, 0.6) is 0 Å². The van der Waals surface area contributed by atoms with Crippen LogP contribution in [0.1, 0.15) is 61.0 Å². The Kier molecular flexibility index (Phi) is 5.56. The van der Waals surface area contributed by atoms with Crippen molar-refractivity contribution in [3.8, 4) is 17.2 Å². The number of hydrogen-bond acceptors (Lipinski definition) is 6. The minimum Gasteiger partial charge on any atom is -0.379 e. The monoisotopic (exact) mass is 485 g/mol. The van der Waals surface area contributed by atoms with E-state index in [0.717, 1.165) is 60.6 Å². The number of hydrogen-bond donors (Lipinski definition) is 0. The summed E-state index contributed by atoms with van der Waals surface area (Å²) < 4.78 is 9.62. The third-order valence-electron chi connectivity index (χ3n) is 7.93. The van der Waals surface area contributed by atoms with E-state index in [1.54, 1.807) is 11.6 Å². The molecular formula is C27H31N7O2. The minimum atomic E-state index is 0.0871. The lowest BCUT2D eigenvalue weighted by Gasteiger charge is -2.35. The maximum atomic E-state index is 12.3. The van der Waals surface area contributed by atoms with E-state index < -0.39 is 0 Å². The van der Waals surface area contributed by atoms with Crippen LogP contribution < -0.4 is 4.90 Å². The van der Waals surface area contributed by atoms with Gasteiger partial charge in [0.15, 0.2) is 5.82 Å². The Morgan fingerprint density at radius 1 is 1.25 bits per heavy atom. The molecule has 0 bridgehead atoms. The third-order valence-corrected chi connectivity index (χ3v) is 7.93. The largest absolute Gasteiger partial charge is 0.379 e. The number of aryl methyl sites for hydroxylation is 1. The summed E-state index contributed by atoms with van der Waals surface area (Å²) in [7, 11) is 1.89. The number of anilines is 2. The molecule has 9 nitrogen and oxygen atoms in total. The van der Waals surface area contributed by atoms with Gasteiger partial charge in [-0.2, -0.15) is 15.5 Å². The maximum absolute atomic E-state index is 12.3. The lowest BCUT2D eigenvalue weighted by molar-refractivity contribution is -0.129. The van der Waals surface area contributed by atoms with Crippen LogP contribution in [0.25, 0.3) is 11.1 Å². The fraction of sp³-hybridized carbons (Fsp3) is 0.481. The smallest absolute Gasteiger partial charge is 0.219 e. The van der Waals surface area contributed by atoms with Crippen molar-refractivity contribution in [1.29, 1.82) is 5.26 Å². The van der Waals surface area contributed by atoms with E-state index in [4.69, 9.17) is 9.84 Å². The highest BCUT2D eigenvalue weighted by Crippen LogP contribution is 2.44. The molecule has 5 heterocycles. The highest BCUT2D eigenvalue weighted by atomic mass is 16.5. The molecule has 186 valence electrons. The van der Waals surface area contributed by atoms with Crippen molar-refractivity contribution < 1.29 is 9.53 Å². The van der Waals surface area contributed by atoms with Gasteiger partial charge in [-0.05, 0) is 36.5 Å². The van der Waals surface area contributed by atoms with Crippen molar-refractivity contribution in [2.24, 2.45) is 7.05 Å². The lowest BCUT2D eigenvalue weighted by Crippen LogP contribution is -2.36. The minimum absolute atomic E-state index is 0.0871. The molecule has 1 amide bonds. The first-order valence-electron chi connectivity index (χ1n) is 12.7. The number of aromatic nitrogens is 4. The predicted molar refractivity (Wildman–Crippen MR) is 135 cm³/mol. The molecule has 9 heteroatoms. The third kappa shape index (κ3) is 3.68. The van der Waals surface area contributed by atoms with Crippen LogP contribution in [0.4, 0.5) is 11.5 Å². The Bertz CT molecular complexity index is 1380. The average Bonchev–Trinajstić information content (AvgIpc) is 3.63. The molecule has 1 fully saturated rings. The van der Waals surface area contributed by atoms with Gasteiger partial charge in [-0.1, -0.05) is 6.92 Å². The number of benzene rings is 1. The van der Waals surface area contributed by atoms with Crippen LogP contribution in [0.3, 0.4) is 0 Å². The Morgan fingerprint density at radius 3 is 2.81 bits per heavy atom. The van der Waals surface area contributed by atoms with E-state index in [-0.39, 0.29) is 11.9 Å². The molecule has 6 rings (SSSR count). The summed E-state index contributed by atoms with van der Waals surface area (Å²) in [4.78, 5) is 16.5. The maximum Gasteiger partial charge on any atom is 0.219 e. The molecule has 0 unspecified atom stereocenters. The van der Waals surface area contributed by atoms with Gasteiger partial charge in [0.2, 0.25) is 5.91 Å². The Morgan fingerprint density at radius 2 is 2.11 bits per heavy atom. The first kappa shape index (κ1) is 22.8. The molecule has 2 aromatic heterocycles. The second kappa shape index (κ2) is 8.79. The Hall–Kier alpha value is -3.64. The van der Waals surface area contributed by atoms with Gasteiger partial charge in [-0.3, -0.25) is 14.2 Å². The first-order chi connectivity index (χ1) is 17.4. The zero-order chi connectivity index (χ0) is 25.0.